The zero-order valence-corrected chi connectivity index (χ0v) is 19.5. The summed E-state index contributed by atoms with van der Waals surface area (Å²) in [5, 5.41) is 13.7. The van der Waals surface area contributed by atoms with Crippen molar-refractivity contribution in [2.45, 2.75) is 45.6 Å². The summed E-state index contributed by atoms with van der Waals surface area (Å²) in [6.45, 7) is 6.35. The van der Waals surface area contributed by atoms with Crippen molar-refractivity contribution in [3.8, 4) is 0 Å². The van der Waals surface area contributed by atoms with Crippen LogP contribution in [0.4, 0.5) is 23.0 Å². The highest BCUT2D eigenvalue weighted by atomic mass is 16.2. The highest BCUT2D eigenvalue weighted by Crippen LogP contribution is 2.29. The molecule has 9 nitrogen and oxygen atoms in total. The van der Waals surface area contributed by atoms with E-state index in [-0.39, 0.29) is 18.2 Å². The fourth-order valence-electron chi connectivity index (χ4n) is 4.14. The molecule has 1 saturated heterocycles. The van der Waals surface area contributed by atoms with Crippen molar-refractivity contribution in [3.05, 3.63) is 47.7 Å². The average Bonchev–Trinajstić information content (AvgIpc) is 3.46. The molecule has 0 bridgehead atoms. The molecule has 0 atom stereocenters. The van der Waals surface area contributed by atoms with Crippen LogP contribution in [-0.4, -0.2) is 45.5 Å². The summed E-state index contributed by atoms with van der Waals surface area (Å²) >= 11 is 0. The van der Waals surface area contributed by atoms with E-state index in [0.717, 1.165) is 43.9 Å². The van der Waals surface area contributed by atoms with Crippen LogP contribution in [0.1, 0.15) is 45.1 Å². The van der Waals surface area contributed by atoms with E-state index in [1.165, 1.54) is 5.69 Å². The van der Waals surface area contributed by atoms with Crippen LogP contribution in [0.2, 0.25) is 0 Å². The number of nitrogens with one attached hydrogen (secondary N) is 3. The first-order chi connectivity index (χ1) is 16.5. The molecule has 1 aliphatic heterocycles. The van der Waals surface area contributed by atoms with Crippen molar-refractivity contribution in [1.82, 2.24) is 19.9 Å². The predicted molar refractivity (Wildman–Crippen MR) is 133 cm³/mol. The first kappa shape index (κ1) is 21.9. The second-order valence-electron chi connectivity index (χ2n) is 8.76. The van der Waals surface area contributed by atoms with Gasteiger partial charge in [0.2, 0.25) is 5.91 Å². The number of imide groups is 1. The molecule has 2 aliphatic rings. The predicted octanol–water partition coefficient (Wildman–Crippen LogP) is 3.71. The number of nitrogens with zero attached hydrogens (tertiary/aromatic N) is 4. The minimum absolute atomic E-state index is 0.0699. The number of carbonyl (C=O) groups is 2. The van der Waals surface area contributed by atoms with Gasteiger partial charge in [-0.05, 0) is 56.5 Å². The molecule has 3 aromatic rings. The maximum absolute atomic E-state index is 12.0. The van der Waals surface area contributed by atoms with Crippen LogP contribution < -0.4 is 20.9 Å². The molecule has 3 heterocycles. The molecule has 34 heavy (non-hydrogen) atoms. The summed E-state index contributed by atoms with van der Waals surface area (Å²) in [6, 6.07) is 10.7. The molecule has 3 N–H and O–H groups in total. The highest BCUT2D eigenvalue weighted by Gasteiger charge is 2.25. The third kappa shape index (κ3) is 4.59. The van der Waals surface area contributed by atoms with Crippen molar-refractivity contribution in [1.29, 1.82) is 0 Å². The number of fused-ring (bicyclic) bond motifs is 1. The average molecular weight is 460 g/mol. The lowest BCUT2D eigenvalue weighted by atomic mass is 10.1. The van der Waals surface area contributed by atoms with Crippen molar-refractivity contribution in [2.75, 3.05) is 28.6 Å². The number of carbonyl (C=O) groups excluding carboxylic acids is 2. The van der Waals surface area contributed by atoms with Crippen molar-refractivity contribution >= 4 is 46.5 Å². The summed E-state index contributed by atoms with van der Waals surface area (Å²) in [6.07, 6.45) is 6.80. The van der Waals surface area contributed by atoms with Crippen LogP contribution >= 0.6 is 0 Å². The molecular formula is C25H29N7O2. The van der Waals surface area contributed by atoms with Gasteiger partial charge in [0.15, 0.2) is 5.65 Å². The molecule has 9 heteroatoms. The van der Waals surface area contributed by atoms with E-state index in [1.54, 1.807) is 16.8 Å². The Morgan fingerprint density at radius 2 is 2.00 bits per heavy atom. The molecule has 0 spiro atoms. The Morgan fingerprint density at radius 1 is 1.21 bits per heavy atom. The van der Waals surface area contributed by atoms with Gasteiger partial charge in [-0.1, -0.05) is 6.92 Å². The maximum Gasteiger partial charge on any atom is 0.254 e. The molecule has 1 saturated carbocycles. The number of rotatable bonds is 9. The molecule has 2 amide bonds. The van der Waals surface area contributed by atoms with Gasteiger partial charge in [-0.25, -0.2) is 4.98 Å². The van der Waals surface area contributed by atoms with E-state index in [1.807, 2.05) is 6.07 Å². The van der Waals surface area contributed by atoms with Gasteiger partial charge in [-0.2, -0.15) is 9.61 Å². The largest absolute Gasteiger partial charge is 0.372 e. The standard InChI is InChI=1S/C25H29N7O2/c1-3-11-31(4-2)20-9-7-18(8-10-20)27-21-14-22(28-19-5-6-19)32-24(29-21)17(15-26-32)12-16-13-23(33)30-25(16)34/h7-10,12,14-15,19,28H,3-6,11,13H2,1-2H3,(H,27,29)(H,30,33,34)/b16-12+. The van der Waals surface area contributed by atoms with E-state index in [9.17, 15) is 9.59 Å². The minimum Gasteiger partial charge on any atom is -0.372 e. The summed E-state index contributed by atoms with van der Waals surface area (Å²) in [4.78, 5) is 30.8. The van der Waals surface area contributed by atoms with Crippen LogP contribution in [0.3, 0.4) is 0 Å². The first-order valence-corrected chi connectivity index (χ1v) is 11.9. The fourth-order valence-corrected chi connectivity index (χ4v) is 4.14. The summed E-state index contributed by atoms with van der Waals surface area (Å²) in [5.74, 6) is 0.863. The van der Waals surface area contributed by atoms with E-state index in [2.05, 4.69) is 64.1 Å². The normalized spacial score (nSPS) is 16.8. The van der Waals surface area contributed by atoms with Gasteiger partial charge in [0.25, 0.3) is 5.91 Å². The number of anilines is 4. The van der Waals surface area contributed by atoms with Crippen LogP contribution in [-0.2, 0) is 9.59 Å². The smallest absolute Gasteiger partial charge is 0.254 e. The Morgan fingerprint density at radius 3 is 2.65 bits per heavy atom. The molecule has 176 valence electrons. The SMILES string of the molecule is CCCN(CC)c1ccc(Nc2cc(NC3CC3)n3ncc(/C=C4\CC(=O)NC4=O)c3n2)cc1. The third-order valence-corrected chi connectivity index (χ3v) is 6.03. The zero-order chi connectivity index (χ0) is 23.7. The molecule has 0 radical (unpaired) electrons. The lowest BCUT2D eigenvalue weighted by Gasteiger charge is -2.22. The van der Waals surface area contributed by atoms with Gasteiger partial charge in [0.05, 0.1) is 12.6 Å². The molecular weight excluding hydrogens is 430 g/mol. The van der Waals surface area contributed by atoms with Crippen molar-refractivity contribution < 1.29 is 9.59 Å². The number of aromatic nitrogens is 3. The highest BCUT2D eigenvalue weighted by molar-refractivity contribution is 6.15. The summed E-state index contributed by atoms with van der Waals surface area (Å²) in [7, 11) is 0. The van der Waals surface area contributed by atoms with Gasteiger partial charge in [-0.3, -0.25) is 14.9 Å². The summed E-state index contributed by atoms with van der Waals surface area (Å²) < 4.78 is 1.75. The number of hydrogen-bond acceptors (Lipinski definition) is 7. The van der Waals surface area contributed by atoms with Crippen molar-refractivity contribution in [2.24, 2.45) is 0 Å². The van der Waals surface area contributed by atoms with E-state index >= 15 is 0 Å². The van der Waals surface area contributed by atoms with Gasteiger partial charge in [-0.15, -0.1) is 0 Å². The Hall–Kier alpha value is -3.88. The molecule has 2 aromatic heterocycles. The topological polar surface area (TPSA) is 104 Å². The third-order valence-electron chi connectivity index (χ3n) is 6.03. The van der Waals surface area contributed by atoms with Crippen LogP contribution in [0.5, 0.6) is 0 Å². The summed E-state index contributed by atoms with van der Waals surface area (Å²) in [5.41, 5.74) is 3.86. The number of hydrogen-bond donors (Lipinski definition) is 3. The first-order valence-electron chi connectivity index (χ1n) is 11.9. The van der Waals surface area contributed by atoms with Crippen LogP contribution in [0, 0.1) is 0 Å². The maximum atomic E-state index is 12.0. The second kappa shape index (κ2) is 9.17. The van der Waals surface area contributed by atoms with Gasteiger partial charge >= 0.3 is 0 Å². The molecule has 1 aromatic carbocycles. The van der Waals surface area contributed by atoms with E-state index in [4.69, 9.17) is 4.98 Å². The second-order valence-corrected chi connectivity index (χ2v) is 8.76. The lowest BCUT2D eigenvalue weighted by Crippen LogP contribution is -2.23. The van der Waals surface area contributed by atoms with Crippen LogP contribution in [0.15, 0.2) is 42.1 Å². The number of amides is 2. The van der Waals surface area contributed by atoms with Gasteiger partial charge < -0.3 is 15.5 Å². The Balaban J connectivity index is 1.46. The zero-order valence-electron chi connectivity index (χ0n) is 19.5. The Kier molecular flexibility index (Phi) is 5.91. The molecule has 0 unspecified atom stereocenters. The molecule has 5 rings (SSSR count). The molecule has 1 aliphatic carbocycles. The van der Waals surface area contributed by atoms with Crippen molar-refractivity contribution in [3.63, 3.8) is 0 Å². The Bertz CT molecular complexity index is 1260. The fraction of sp³-hybridized carbons (Fsp3) is 0.360. The quantitative estimate of drug-likeness (QED) is 0.331. The Labute approximate surface area is 198 Å². The minimum atomic E-state index is -0.362. The van der Waals surface area contributed by atoms with E-state index < -0.39 is 0 Å². The van der Waals surface area contributed by atoms with E-state index in [0.29, 0.717) is 28.6 Å². The monoisotopic (exact) mass is 459 g/mol. The van der Waals surface area contributed by atoms with Gasteiger partial charge in [0.1, 0.15) is 11.6 Å². The van der Waals surface area contributed by atoms with Gasteiger partial charge in [0, 0.05) is 47.7 Å². The number of benzene rings is 1. The lowest BCUT2D eigenvalue weighted by molar-refractivity contribution is -0.124. The molecule has 2 fully saturated rings. The van der Waals surface area contributed by atoms with Crippen LogP contribution in [0.25, 0.3) is 11.7 Å².